The molecular formula is C10H15N. The first-order valence-corrected chi connectivity index (χ1v) is 4.30. The summed E-state index contributed by atoms with van der Waals surface area (Å²) in [6.45, 7) is 4.33. The molecule has 60 valence electrons. The Morgan fingerprint density at radius 1 is 1.27 bits per heavy atom. The van der Waals surface area contributed by atoms with E-state index in [0.717, 1.165) is 12.8 Å². The van der Waals surface area contributed by atoms with Crippen LogP contribution in [0.15, 0.2) is 18.3 Å². The predicted molar refractivity (Wildman–Crippen MR) is 47.6 cm³/mol. The molecule has 0 aliphatic heterocycles. The molecule has 0 aliphatic carbocycles. The Hall–Kier alpha value is -0.850. The van der Waals surface area contributed by atoms with Crippen molar-refractivity contribution in [1.29, 1.82) is 0 Å². The van der Waals surface area contributed by atoms with Crippen molar-refractivity contribution in [2.24, 2.45) is 0 Å². The monoisotopic (exact) mass is 149 g/mol. The molecule has 11 heavy (non-hydrogen) atoms. The number of nitrogens with zero attached hydrogens (tertiary/aromatic N) is 1. The second-order valence-corrected chi connectivity index (χ2v) is 2.76. The van der Waals surface area contributed by atoms with Crippen molar-refractivity contribution in [1.82, 2.24) is 4.98 Å². The first-order valence-electron chi connectivity index (χ1n) is 4.30. The summed E-state index contributed by atoms with van der Waals surface area (Å²) < 4.78 is 0. The van der Waals surface area contributed by atoms with Crippen LogP contribution < -0.4 is 0 Å². The first kappa shape index (κ1) is 8.25. The summed E-state index contributed by atoms with van der Waals surface area (Å²) in [6.07, 6.45) is 5.34. The zero-order valence-electron chi connectivity index (χ0n) is 7.30. The van der Waals surface area contributed by atoms with Gasteiger partial charge in [0.1, 0.15) is 0 Å². The molecule has 1 nitrogen and oxygen atoms in total. The number of aromatic nitrogens is 1. The number of hydrogen-bond acceptors (Lipinski definition) is 1. The second-order valence-electron chi connectivity index (χ2n) is 2.76. The number of aryl methyl sites for hydroxylation is 2. The summed E-state index contributed by atoms with van der Waals surface area (Å²) in [5, 5.41) is 0. The summed E-state index contributed by atoms with van der Waals surface area (Å²) in [5.41, 5.74) is 2.54. The van der Waals surface area contributed by atoms with Crippen molar-refractivity contribution >= 4 is 0 Å². The van der Waals surface area contributed by atoms with Gasteiger partial charge in [0, 0.05) is 11.9 Å². The standard InChI is InChI=1S/C10H15N/c1-3-5-10-7-6-9(4-2)8-11-10/h6-8H,3-5H2,1-2H3. The summed E-state index contributed by atoms with van der Waals surface area (Å²) in [7, 11) is 0. The highest BCUT2D eigenvalue weighted by molar-refractivity contribution is 5.13. The van der Waals surface area contributed by atoms with Crippen LogP contribution >= 0.6 is 0 Å². The third-order valence-corrected chi connectivity index (χ3v) is 1.80. The minimum atomic E-state index is 1.08. The van der Waals surface area contributed by atoms with Gasteiger partial charge in [0.05, 0.1) is 0 Å². The lowest BCUT2D eigenvalue weighted by molar-refractivity contribution is 0.877. The fourth-order valence-electron chi connectivity index (χ4n) is 1.07. The Kier molecular flexibility index (Phi) is 3.09. The van der Waals surface area contributed by atoms with E-state index < -0.39 is 0 Å². The van der Waals surface area contributed by atoms with E-state index in [1.807, 2.05) is 6.20 Å². The highest BCUT2D eigenvalue weighted by Gasteiger charge is 1.92. The first-order chi connectivity index (χ1) is 5.36. The van der Waals surface area contributed by atoms with Gasteiger partial charge in [-0.1, -0.05) is 26.3 Å². The van der Waals surface area contributed by atoms with Crippen molar-refractivity contribution in [2.75, 3.05) is 0 Å². The van der Waals surface area contributed by atoms with Gasteiger partial charge in [0.2, 0.25) is 0 Å². The SMILES string of the molecule is CCCc1ccc(CC)cn1. The van der Waals surface area contributed by atoms with Gasteiger partial charge in [-0.15, -0.1) is 0 Å². The molecule has 1 heterocycles. The van der Waals surface area contributed by atoms with Crippen molar-refractivity contribution in [3.63, 3.8) is 0 Å². The maximum atomic E-state index is 4.34. The number of rotatable bonds is 3. The van der Waals surface area contributed by atoms with Crippen molar-refractivity contribution in [2.45, 2.75) is 33.1 Å². The summed E-state index contributed by atoms with van der Waals surface area (Å²) >= 11 is 0. The van der Waals surface area contributed by atoms with E-state index in [0.29, 0.717) is 0 Å². The topological polar surface area (TPSA) is 12.9 Å². The van der Waals surface area contributed by atoms with Crippen LogP contribution in [0.5, 0.6) is 0 Å². The van der Waals surface area contributed by atoms with Gasteiger partial charge >= 0.3 is 0 Å². The molecule has 0 unspecified atom stereocenters. The van der Waals surface area contributed by atoms with E-state index in [-0.39, 0.29) is 0 Å². The molecule has 0 aromatic carbocycles. The third-order valence-electron chi connectivity index (χ3n) is 1.80. The second kappa shape index (κ2) is 4.12. The molecule has 0 atom stereocenters. The van der Waals surface area contributed by atoms with Crippen LogP contribution in [-0.2, 0) is 12.8 Å². The van der Waals surface area contributed by atoms with Gasteiger partial charge in [-0.05, 0) is 24.5 Å². The molecule has 1 aromatic heterocycles. The van der Waals surface area contributed by atoms with Gasteiger partial charge in [-0.3, -0.25) is 4.98 Å². The zero-order chi connectivity index (χ0) is 8.10. The number of pyridine rings is 1. The van der Waals surface area contributed by atoms with E-state index >= 15 is 0 Å². The lowest BCUT2D eigenvalue weighted by Gasteiger charge is -1.98. The third kappa shape index (κ3) is 2.34. The molecule has 1 heteroatoms. The van der Waals surface area contributed by atoms with Gasteiger partial charge in [-0.25, -0.2) is 0 Å². The Morgan fingerprint density at radius 2 is 2.09 bits per heavy atom. The van der Waals surface area contributed by atoms with Crippen LogP contribution in [0, 0.1) is 0 Å². The Bertz CT molecular complexity index is 201. The van der Waals surface area contributed by atoms with Crippen LogP contribution in [0.25, 0.3) is 0 Å². The minimum absolute atomic E-state index is 1.08. The van der Waals surface area contributed by atoms with Crippen LogP contribution in [0.2, 0.25) is 0 Å². The van der Waals surface area contributed by atoms with Crippen LogP contribution in [0.4, 0.5) is 0 Å². The Labute approximate surface area is 68.5 Å². The normalized spacial score (nSPS) is 10.0. The van der Waals surface area contributed by atoms with Gasteiger partial charge < -0.3 is 0 Å². The molecular weight excluding hydrogens is 134 g/mol. The van der Waals surface area contributed by atoms with Gasteiger partial charge in [0.25, 0.3) is 0 Å². The van der Waals surface area contributed by atoms with Crippen LogP contribution in [0.1, 0.15) is 31.5 Å². The molecule has 0 radical (unpaired) electrons. The molecule has 0 amide bonds. The lowest BCUT2D eigenvalue weighted by Crippen LogP contribution is -1.89. The van der Waals surface area contributed by atoms with Gasteiger partial charge in [-0.2, -0.15) is 0 Å². The molecule has 0 fully saturated rings. The Balaban J connectivity index is 2.66. The molecule has 0 spiro atoms. The average Bonchev–Trinajstić information content (AvgIpc) is 2.07. The van der Waals surface area contributed by atoms with E-state index in [1.165, 1.54) is 17.7 Å². The fraction of sp³-hybridized carbons (Fsp3) is 0.500. The molecule has 1 rings (SSSR count). The maximum absolute atomic E-state index is 4.34. The smallest absolute Gasteiger partial charge is 0.0403 e. The lowest BCUT2D eigenvalue weighted by atomic mass is 10.2. The maximum Gasteiger partial charge on any atom is 0.0403 e. The predicted octanol–water partition coefficient (Wildman–Crippen LogP) is 2.60. The largest absolute Gasteiger partial charge is 0.261 e. The fourth-order valence-corrected chi connectivity index (χ4v) is 1.07. The minimum Gasteiger partial charge on any atom is -0.261 e. The molecule has 0 bridgehead atoms. The molecule has 0 saturated heterocycles. The quantitative estimate of drug-likeness (QED) is 0.643. The van der Waals surface area contributed by atoms with E-state index in [9.17, 15) is 0 Å². The highest BCUT2D eigenvalue weighted by atomic mass is 14.7. The van der Waals surface area contributed by atoms with Crippen LogP contribution in [0.3, 0.4) is 0 Å². The summed E-state index contributed by atoms with van der Waals surface area (Å²) in [4.78, 5) is 4.34. The molecule has 0 saturated carbocycles. The summed E-state index contributed by atoms with van der Waals surface area (Å²) in [5.74, 6) is 0. The van der Waals surface area contributed by atoms with Crippen molar-refractivity contribution < 1.29 is 0 Å². The zero-order valence-corrected chi connectivity index (χ0v) is 7.30. The Morgan fingerprint density at radius 3 is 2.55 bits per heavy atom. The van der Waals surface area contributed by atoms with Gasteiger partial charge in [0.15, 0.2) is 0 Å². The van der Waals surface area contributed by atoms with Crippen LogP contribution in [-0.4, -0.2) is 4.98 Å². The molecule has 0 aliphatic rings. The van der Waals surface area contributed by atoms with Crippen molar-refractivity contribution in [3.8, 4) is 0 Å². The number of hydrogen-bond donors (Lipinski definition) is 0. The molecule has 1 aromatic rings. The molecule has 0 N–H and O–H groups in total. The average molecular weight is 149 g/mol. The van der Waals surface area contributed by atoms with E-state index in [2.05, 4.69) is 31.0 Å². The van der Waals surface area contributed by atoms with Crippen molar-refractivity contribution in [3.05, 3.63) is 29.6 Å². The highest BCUT2D eigenvalue weighted by Crippen LogP contribution is 2.02. The van der Waals surface area contributed by atoms with E-state index in [1.54, 1.807) is 0 Å². The summed E-state index contributed by atoms with van der Waals surface area (Å²) in [6, 6.07) is 4.29. The van der Waals surface area contributed by atoms with E-state index in [4.69, 9.17) is 0 Å².